The lowest BCUT2D eigenvalue weighted by atomic mass is 9.93. The Balaban J connectivity index is 2.78. The molecule has 1 aromatic heterocycles. The second kappa shape index (κ2) is 6.55. The van der Waals surface area contributed by atoms with E-state index < -0.39 is 5.97 Å². The Kier molecular flexibility index (Phi) is 5.33. The third-order valence-electron chi connectivity index (χ3n) is 2.71. The number of nitrogens with zero attached hydrogens (tertiary/aromatic N) is 1. The van der Waals surface area contributed by atoms with Crippen molar-refractivity contribution in [3.63, 3.8) is 0 Å². The molecule has 1 N–H and O–H groups in total. The molecule has 0 aromatic carbocycles. The van der Waals surface area contributed by atoms with Crippen LogP contribution in [-0.4, -0.2) is 22.7 Å². The standard InChI is InChI=1S/C15H23NO3/c1-5-6-12-9-11(14(17)18)10-13(16-12)19-8-7-15(2,3)4/h9-10H,5-8H2,1-4H3,(H,17,18). The fraction of sp³-hybridized carbons (Fsp3) is 0.600. The predicted octanol–water partition coefficient (Wildman–Crippen LogP) is 3.55. The number of hydrogen-bond acceptors (Lipinski definition) is 3. The van der Waals surface area contributed by atoms with E-state index >= 15 is 0 Å². The summed E-state index contributed by atoms with van der Waals surface area (Å²) in [6.45, 7) is 9.00. The van der Waals surface area contributed by atoms with Crippen molar-refractivity contribution in [3.8, 4) is 5.88 Å². The van der Waals surface area contributed by atoms with Crippen LogP contribution in [0.2, 0.25) is 0 Å². The summed E-state index contributed by atoms with van der Waals surface area (Å²) in [7, 11) is 0. The lowest BCUT2D eigenvalue weighted by Crippen LogP contribution is -2.12. The van der Waals surface area contributed by atoms with Crippen LogP contribution < -0.4 is 4.74 Å². The summed E-state index contributed by atoms with van der Waals surface area (Å²) in [6.07, 6.45) is 2.59. The van der Waals surface area contributed by atoms with Gasteiger partial charge in [-0.2, -0.15) is 0 Å². The van der Waals surface area contributed by atoms with E-state index in [1.165, 1.54) is 6.07 Å². The molecular formula is C15H23NO3. The van der Waals surface area contributed by atoms with Gasteiger partial charge in [0.2, 0.25) is 5.88 Å². The molecule has 0 spiro atoms. The second-order valence-electron chi connectivity index (χ2n) is 5.90. The van der Waals surface area contributed by atoms with Crippen molar-refractivity contribution in [2.24, 2.45) is 5.41 Å². The highest BCUT2D eigenvalue weighted by Gasteiger charge is 2.12. The quantitative estimate of drug-likeness (QED) is 0.854. The summed E-state index contributed by atoms with van der Waals surface area (Å²) in [6, 6.07) is 3.10. The average Bonchev–Trinajstić information content (AvgIpc) is 2.27. The van der Waals surface area contributed by atoms with Gasteiger partial charge in [-0.05, 0) is 24.3 Å². The zero-order valence-corrected chi connectivity index (χ0v) is 12.2. The van der Waals surface area contributed by atoms with Gasteiger partial charge in [-0.3, -0.25) is 0 Å². The van der Waals surface area contributed by atoms with Gasteiger partial charge in [0.25, 0.3) is 0 Å². The first-order chi connectivity index (χ1) is 8.81. The molecule has 0 aliphatic carbocycles. The van der Waals surface area contributed by atoms with Crippen molar-refractivity contribution < 1.29 is 14.6 Å². The molecule has 0 aliphatic rings. The Morgan fingerprint density at radius 2 is 2.05 bits per heavy atom. The molecule has 1 rings (SSSR count). The van der Waals surface area contributed by atoms with Gasteiger partial charge in [0.05, 0.1) is 12.2 Å². The second-order valence-corrected chi connectivity index (χ2v) is 5.90. The lowest BCUT2D eigenvalue weighted by Gasteiger charge is -2.18. The number of aromatic nitrogens is 1. The number of carbonyl (C=O) groups is 1. The zero-order chi connectivity index (χ0) is 14.5. The first kappa shape index (κ1) is 15.5. The molecule has 0 amide bonds. The van der Waals surface area contributed by atoms with Crippen molar-refractivity contribution in [1.29, 1.82) is 0 Å². The van der Waals surface area contributed by atoms with E-state index in [1.807, 2.05) is 6.92 Å². The lowest BCUT2D eigenvalue weighted by molar-refractivity contribution is 0.0695. The van der Waals surface area contributed by atoms with E-state index in [0.717, 1.165) is 25.0 Å². The molecule has 0 radical (unpaired) electrons. The number of rotatable bonds is 6. The Morgan fingerprint density at radius 3 is 2.58 bits per heavy atom. The zero-order valence-electron chi connectivity index (χ0n) is 12.2. The van der Waals surface area contributed by atoms with Gasteiger partial charge < -0.3 is 9.84 Å². The molecule has 0 aliphatic heterocycles. The highest BCUT2D eigenvalue weighted by Crippen LogP contribution is 2.20. The van der Waals surface area contributed by atoms with Gasteiger partial charge in [-0.1, -0.05) is 34.1 Å². The maximum atomic E-state index is 11.1. The Morgan fingerprint density at radius 1 is 1.37 bits per heavy atom. The first-order valence-electron chi connectivity index (χ1n) is 6.69. The first-order valence-corrected chi connectivity index (χ1v) is 6.69. The van der Waals surface area contributed by atoms with Crippen molar-refractivity contribution in [2.75, 3.05) is 6.61 Å². The van der Waals surface area contributed by atoms with Crippen LogP contribution in [0.5, 0.6) is 5.88 Å². The number of pyridine rings is 1. The minimum Gasteiger partial charge on any atom is -0.478 e. The molecule has 1 heterocycles. The number of carboxylic acid groups (broad SMARTS) is 1. The van der Waals surface area contributed by atoms with Crippen LogP contribution in [0.25, 0.3) is 0 Å². The minimum absolute atomic E-state index is 0.191. The van der Waals surface area contributed by atoms with E-state index in [0.29, 0.717) is 12.5 Å². The van der Waals surface area contributed by atoms with E-state index in [9.17, 15) is 4.79 Å². The summed E-state index contributed by atoms with van der Waals surface area (Å²) in [5, 5.41) is 9.07. The molecule has 106 valence electrons. The Bertz CT molecular complexity index is 436. The summed E-state index contributed by atoms with van der Waals surface area (Å²) < 4.78 is 5.59. The number of aryl methyl sites for hydroxylation is 1. The molecule has 19 heavy (non-hydrogen) atoms. The summed E-state index contributed by atoms with van der Waals surface area (Å²) in [5.74, 6) is -0.534. The van der Waals surface area contributed by atoms with Crippen LogP contribution >= 0.6 is 0 Å². The van der Waals surface area contributed by atoms with Crippen molar-refractivity contribution in [3.05, 3.63) is 23.4 Å². The number of carboxylic acids is 1. The number of hydrogen-bond donors (Lipinski definition) is 1. The van der Waals surface area contributed by atoms with E-state index in [-0.39, 0.29) is 11.0 Å². The molecule has 0 atom stereocenters. The van der Waals surface area contributed by atoms with Gasteiger partial charge in [-0.25, -0.2) is 9.78 Å². The molecule has 4 heteroatoms. The Hall–Kier alpha value is -1.58. The average molecular weight is 265 g/mol. The molecule has 0 saturated carbocycles. The number of aromatic carboxylic acids is 1. The van der Waals surface area contributed by atoms with Gasteiger partial charge in [0.1, 0.15) is 0 Å². The molecule has 4 nitrogen and oxygen atoms in total. The summed E-state index contributed by atoms with van der Waals surface area (Å²) >= 11 is 0. The van der Waals surface area contributed by atoms with E-state index in [2.05, 4.69) is 25.8 Å². The molecule has 0 bridgehead atoms. The third-order valence-corrected chi connectivity index (χ3v) is 2.71. The van der Waals surface area contributed by atoms with Crippen molar-refractivity contribution in [1.82, 2.24) is 4.98 Å². The van der Waals surface area contributed by atoms with E-state index in [4.69, 9.17) is 9.84 Å². The van der Waals surface area contributed by atoms with Crippen LogP contribution in [0.4, 0.5) is 0 Å². The van der Waals surface area contributed by atoms with Gasteiger partial charge in [-0.15, -0.1) is 0 Å². The van der Waals surface area contributed by atoms with Crippen LogP contribution in [0.3, 0.4) is 0 Å². The van der Waals surface area contributed by atoms with Crippen LogP contribution in [0.15, 0.2) is 12.1 Å². The third kappa shape index (κ3) is 5.73. The Labute approximate surface area is 114 Å². The fourth-order valence-corrected chi connectivity index (χ4v) is 1.60. The molecule has 0 fully saturated rings. The molecule has 1 aromatic rings. The van der Waals surface area contributed by atoms with Crippen molar-refractivity contribution in [2.45, 2.75) is 47.0 Å². The van der Waals surface area contributed by atoms with Crippen LogP contribution in [-0.2, 0) is 6.42 Å². The predicted molar refractivity (Wildman–Crippen MR) is 74.8 cm³/mol. The van der Waals surface area contributed by atoms with Crippen LogP contribution in [0.1, 0.15) is 56.6 Å². The van der Waals surface area contributed by atoms with E-state index in [1.54, 1.807) is 6.07 Å². The van der Waals surface area contributed by atoms with Gasteiger partial charge in [0, 0.05) is 11.8 Å². The monoisotopic (exact) mass is 265 g/mol. The molecule has 0 unspecified atom stereocenters. The van der Waals surface area contributed by atoms with Gasteiger partial charge in [0.15, 0.2) is 0 Å². The molecule has 0 saturated heterocycles. The summed E-state index contributed by atoms with van der Waals surface area (Å²) in [5.41, 5.74) is 1.20. The highest BCUT2D eigenvalue weighted by atomic mass is 16.5. The maximum Gasteiger partial charge on any atom is 0.335 e. The summed E-state index contributed by atoms with van der Waals surface area (Å²) in [4.78, 5) is 15.4. The van der Waals surface area contributed by atoms with Gasteiger partial charge >= 0.3 is 5.97 Å². The van der Waals surface area contributed by atoms with Crippen molar-refractivity contribution >= 4 is 5.97 Å². The largest absolute Gasteiger partial charge is 0.478 e. The smallest absolute Gasteiger partial charge is 0.335 e. The minimum atomic E-state index is -0.944. The number of ether oxygens (including phenoxy) is 1. The fourth-order valence-electron chi connectivity index (χ4n) is 1.60. The maximum absolute atomic E-state index is 11.1. The molecular weight excluding hydrogens is 242 g/mol. The SMILES string of the molecule is CCCc1cc(C(=O)O)cc(OCCC(C)(C)C)n1. The van der Waals surface area contributed by atoms with Crippen LogP contribution in [0, 0.1) is 5.41 Å². The topological polar surface area (TPSA) is 59.4 Å². The highest BCUT2D eigenvalue weighted by molar-refractivity contribution is 5.88. The normalized spacial score (nSPS) is 11.4.